The van der Waals surface area contributed by atoms with Crippen LogP contribution in [0.1, 0.15) is 0 Å². The molecule has 0 aliphatic rings. The van der Waals surface area contributed by atoms with E-state index in [1.165, 1.54) is 32.6 Å². The number of nitrogens with zero attached hydrogens (tertiary/aromatic N) is 6. The molecule has 0 amide bonds. The molecule has 0 spiro atoms. The minimum absolute atomic E-state index is 0.717. The lowest BCUT2D eigenvalue weighted by Crippen LogP contribution is -1.96. The molecular weight excluding hydrogens is 576 g/mol. The maximum absolute atomic E-state index is 5.07. The summed E-state index contributed by atoms with van der Waals surface area (Å²) in [5.41, 5.74) is 10.3. The van der Waals surface area contributed by atoms with Crippen LogP contribution >= 0.6 is 0 Å². The maximum atomic E-state index is 5.07. The third kappa shape index (κ3) is 3.21. The van der Waals surface area contributed by atoms with Crippen molar-refractivity contribution in [1.82, 2.24) is 28.5 Å². The highest BCUT2D eigenvalue weighted by atomic mass is 15.1. The third-order valence-electron chi connectivity index (χ3n) is 9.69. The predicted molar refractivity (Wildman–Crippen MR) is 192 cm³/mol. The van der Waals surface area contributed by atoms with Crippen LogP contribution in [0.3, 0.4) is 0 Å². The van der Waals surface area contributed by atoms with Gasteiger partial charge in [-0.1, -0.05) is 54.6 Å². The Morgan fingerprint density at radius 1 is 0.383 bits per heavy atom. The first-order chi connectivity index (χ1) is 23.3. The number of imidazole rings is 1. The molecule has 0 unspecified atom stereocenters. The summed E-state index contributed by atoms with van der Waals surface area (Å²) in [7, 11) is 0. The summed E-state index contributed by atoms with van der Waals surface area (Å²) in [5, 5.41) is 8.16. The molecule has 0 aliphatic carbocycles. The number of hydrogen-bond acceptors (Lipinski definition) is 3. The zero-order chi connectivity index (χ0) is 30.6. The van der Waals surface area contributed by atoms with Crippen LogP contribution in [0.15, 0.2) is 146 Å². The van der Waals surface area contributed by atoms with Crippen molar-refractivity contribution >= 4 is 82.2 Å². The lowest BCUT2D eigenvalue weighted by atomic mass is 10.0. The van der Waals surface area contributed by atoms with Crippen LogP contribution in [0.5, 0.6) is 0 Å². The van der Waals surface area contributed by atoms with Crippen LogP contribution in [0.25, 0.3) is 93.6 Å². The first kappa shape index (κ1) is 24.8. The van der Waals surface area contributed by atoms with E-state index in [1.807, 2.05) is 18.3 Å². The van der Waals surface area contributed by atoms with Gasteiger partial charge in [-0.2, -0.15) is 0 Å². The zero-order valence-corrected chi connectivity index (χ0v) is 25.0. The molecule has 6 heteroatoms. The van der Waals surface area contributed by atoms with Crippen molar-refractivity contribution in [3.8, 4) is 11.4 Å². The number of fused-ring (bicyclic) bond motifs is 15. The van der Waals surface area contributed by atoms with E-state index >= 15 is 0 Å². The van der Waals surface area contributed by atoms with E-state index in [9.17, 15) is 0 Å². The van der Waals surface area contributed by atoms with E-state index in [2.05, 4.69) is 140 Å². The largest absolute Gasteiger partial charge is 0.309 e. The zero-order valence-electron chi connectivity index (χ0n) is 25.0. The van der Waals surface area contributed by atoms with Crippen molar-refractivity contribution in [3.63, 3.8) is 0 Å². The van der Waals surface area contributed by atoms with E-state index in [0.29, 0.717) is 5.65 Å². The summed E-state index contributed by atoms with van der Waals surface area (Å²) in [6.45, 7) is 0. The average Bonchev–Trinajstić information content (AvgIpc) is 3.79. The van der Waals surface area contributed by atoms with Crippen molar-refractivity contribution in [1.29, 1.82) is 0 Å². The fourth-order valence-electron chi connectivity index (χ4n) is 7.83. The molecule has 6 heterocycles. The molecule has 0 fully saturated rings. The monoisotopic (exact) mass is 600 g/mol. The highest BCUT2D eigenvalue weighted by Crippen LogP contribution is 2.44. The summed E-state index contributed by atoms with van der Waals surface area (Å²) in [6, 6.07) is 47.6. The normalized spacial score (nSPS) is 12.3. The maximum Gasteiger partial charge on any atom is 0.178 e. The smallest absolute Gasteiger partial charge is 0.178 e. The molecule has 0 aliphatic heterocycles. The first-order valence-electron chi connectivity index (χ1n) is 15.8. The van der Waals surface area contributed by atoms with Gasteiger partial charge in [-0.25, -0.2) is 15.0 Å². The Bertz CT molecular complexity index is 3060. The van der Waals surface area contributed by atoms with Crippen LogP contribution in [-0.2, 0) is 0 Å². The van der Waals surface area contributed by atoms with E-state index in [4.69, 9.17) is 9.97 Å². The standard InChI is InChI=1S/C41H24N6/c1-3-11-25(12-4-1)45-32-17-8-7-15-27(32)30-23-31-36(24-35(30)45)46(26-13-5-2-6-14-26)33-20-19-29-37(38(31)33)28-16-9-22-43-40(28)47-34-18-10-21-42-39(34)44-41(29)47/h1-24H. The summed E-state index contributed by atoms with van der Waals surface area (Å²) in [4.78, 5) is 14.6. The molecule has 11 aromatic rings. The number of hydrogen-bond donors (Lipinski definition) is 0. The number of benzene rings is 5. The van der Waals surface area contributed by atoms with Gasteiger partial charge in [0.15, 0.2) is 5.65 Å². The lowest BCUT2D eigenvalue weighted by molar-refractivity contribution is 1.16. The van der Waals surface area contributed by atoms with Gasteiger partial charge in [-0.3, -0.25) is 4.40 Å². The Morgan fingerprint density at radius 3 is 1.85 bits per heavy atom. The minimum atomic E-state index is 0.717. The van der Waals surface area contributed by atoms with Gasteiger partial charge >= 0.3 is 0 Å². The van der Waals surface area contributed by atoms with Crippen LogP contribution in [0.2, 0.25) is 0 Å². The van der Waals surface area contributed by atoms with Gasteiger partial charge in [0.1, 0.15) is 11.3 Å². The Balaban J connectivity index is 1.41. The minimum Gasteiger partial charge on any atom is -0.309 e. The van der Waals surface area contributed by atoms with Crippen molar-refractivity contribution in [2.24, 2.45) is 0 Å². The van der Waals surface area contributed by atoms with Gasteiger partial charge in [0.05, 0.1) is 27.6 Å². The van der Waals surface area contributed by atoms with Gasteiger partial charge in [0.2, 0.25) is 0 Å². The molecule has 218 valence electrons. The molecule has 0 saturated heterocycles. The van der Waals surface area contributed by atoms with E-state index in [-0.39, 0.29) is 0 Å². The Morgan fingerprint density at radius 2 is 1.02 bits per heavy atom. The highest BCUT2D eigenvalue weighted by Gasteiger charge is 2.23. The molecule has 0 radical (unpaired) electrons. The van der Waals surface area contributed by atoms with Crippen LogP contribution in [0, 0.1) is 0 Å². The summed E-state index contributed by atoms with van der Waals surface area (Å²) >= 11 is 0. The Kier molecular flexibility index (Phi) is 4.75. The van der Waals surface area contributed by atoms with Crippen LogP contribution in [-0.4, -0.2) is 28.5 Å². The fourth-order valence-corrected chi connectivity index (χ4v) is 7.83. The predicted octanol–water partition coefficient (Wildman–Crippen LogP) is 9.78. The number of pyridine rings is 3. The number of para-hydroxylation sites is 3. The van der Waals surface area contributed by atoms with Crippen LogP contribution < -0.4 is 0 Å². The van der Waals surface area contributed by atoms with Gasteiger partial charge in [0, 0.05) is 61.5 Å². The molecule has 0 bridgehead atoms. The summed E-state index contributed by atoms with van der Waals surface area (Å²) < 4.78 is 6.96. The Labute approximate surface area is 267 Å². The van der Waals surface area contributed by atoms with E-state index in [1.54, 1.807) is 6.20 Å². The van der Waals surface area contributed by atoms with E-state index < -0.39 is 0 Å². The molecular formula is C41H24N6. The summed E-state index contributed by atoms with van der Waals surface area (Å²) in [5.74, 6) is 0. The van der Waals surface area contributed by atoms with Crippen molar-refractivity contribution in [2.75, 3.05) is 0 Å². The molecule has 0 N–H and O–H groups in total. The Hall–Kier alpha value is -6.53. The highest BCUT2D eigenvalue weighted by molar-refractivity contribution is 6.31. The fraction of sp³-hybridized carbons (Fsp3) is 0. The van der Waals surface area contributed by atoms with Crippen molar-refractivity contribution < 1.29 is 0 Å². The molecule has 0 atom stereocenters. The van der Waals surface area contributed by atoms with Gasteiger partial charge < -0.3 is 9.13 Å². The molecule has 6 aromatic heterocycles. The second-order valence-electron chi connectivity index (χ2n) is 12.1. The van der Waals surface area contributed by atoms with Gasteiger partial charge in [-0.05, 0) is 78.9 Å². The molecule has 0 saturated carbocycles. The molecule has 47 heavy (non-hydrogen) atoms. The molecule has 5 aromatic carbocycles. The quantitative estimate of drug-likeness (QED) is 0.186. The third-order valence-corrected chi connectivity index (χ3v) is 9.69. The van der Waals surface area contributed by atoms with Crippen LogP contribution in [0.4, 0.5) is 0 Å². The van der Waals surface area contributed by atoms with E-state index in [0.717, 1.165) is 55.4 Å². The first-order valence-corrected chi connectivity index (χ1v) is 15.8. The molecule has 11 rings (SSSR count). The number of aromatic nitrogens is 6. The topological polar surface area (TPSA) is 52.9 Å². The van der Waals surface area contributed by atoms with Gasteiger partial charge in [0.25, 0.3) is 0 Å². The second kappa shape index (κ2) is 9.02. The average molecular weight is 601 g/mol. The lowest BCUT2D eigenvalue weighted by Gasteiger charge is -2.11. The van der Waals surface area contributed by atoms with Gasteiger partial charge in [-0.15, -0.1) is 0 Å². The molecule has 6 nitrogen and oxygen atoms in total. The number of rotatable bonds is 2. The van der Waals surface area contributed by atoms with Crippen molar-refractivity contribution in [2.45, 2.75) is 0 Å². The van der Waals surface area contributed by atoms with Crippen molar-refractivity contribution in [3.05, 3.63) is 146 Å². The second-order valence-corrected chi connectivity index (χ2v) is 12.1. The SMILES string of the molecule is c1ccc(-n2c3ccccc3c3cc4c5c6c7cccnc7n7c8cccnc8nc7c6ccc5n(-c5ccccc5)c4cc32)cc1. The summed E-state index contributed by atoms with van der Waals surface area (Å²) in [6.07, 6.45) is 3.67.